The van der Waals surface area contributed by atoms with Crippen molar-refractivity contribution < 1.29 is 19.1 Å². The second kappa shape index (κ2) is 16.1. The first-order valence-electron chi connectivity index (χ1n) is 16.6. The van der Waals surface area contributed by atoms with Crippen LogP contribution in [0.4, 0.5) is 4.79 Å². The number of guanidine groups is 1. The van der Waals surface area contributed by atoms with E-state index in [1.165, 1.54) is 17.8 Å². The zero-order valence-corrected chi connectivity index (χ0v) is 27.2. The number of para-hydroxylation sites is 1. The second-order valence-electron chi connectivity index (χ2n) is 12.6. The van der Waals surface area contributed by atoms with E-state index in [1.54, 1.807) is 0 Å². The number of nitrogens with one attached hydrogen (secondary N) is 2. The Morgan fingerprint density at radius 2 is 1.74 bits per heavy atom. The standard InChI is InChI=1S/C35H46N6O4S/c36-33(37)39-19-9-12-25(31(43)32-40-27-15-7-8-16-30(27)46-32)23-29(42)28(22-24-10-3-1-4-11-24)41-34(44)45-35(17-20-38-21-18-35)26-13-5-2-6-14-26/h2,5-8,13-16,24-25,28,38H,1,3-4,9-12,17-23H2,(H,41,44)(H4,36,37,39)/t25-,28+/m1/s1. The number of nitrogens with zero attached hydrogens (tertiary/aromatic N) is 2. The number of benzene rings is 2. The van der Waals surface area contributed by atoms with Crippen LogP contribution in [0, 0.1) is 11.8 Å². The molecule has 246 valence electrons. The Morgan fingerprint density at radius 3 is 2.46 bits per heavy atom. The molecule has 11 heteroatoms. The highest BCUT2D eigenvalue weighted by atomic mass is 32.1. The maximum atomic E-state index is 14.1. The molecule has 0 spiro atoms. The molecule has 1 aliphatic carbocycles. The van der Waals surface area contributed by atoms with Crippen LogP contribution in [-0.4, -0.2) is 54.3 Å². The third-order valence-corrected chi connectivity index (χ3v) is 10.4. The molecule has 1 aliphatic heterocycles. The second-order valence-corrected chi connectivity index (χ2v) is 13.6. The van der Waals surface area contributed by atoms with Crippen LogP contribution in [0.2, 0.25) is 0 Å². The third-order valence-electron chi connectivity index (χ3n) is 9.30. The van der Waals surface area contributed by atoms with Crippen LogP contribution >= 0.6 is 11.3 Å². The Kier molecular flexibility index (Phi) is 11.8. The number of ether oxygens (including phenoxy) is 1. The molecule has 1 amide bonds. The molecule has 5 rings (SSSR count). The lowest BCUT2D eigenvalue weighted by atomic mass is 9.82. The highest BCUT2D eigenvalue weighted by Gasteiger charge is 2.39. The molecule has 2 atom stereocenters. The number of aromatic nitrogens is 1. The lowest BCUT2D eigenvalue weighted by Crippen LogP contribution is -2.49. The van der Waals surface area contributed by atoms with E-state index in [1.807, 2.05) is 54.6 Å². The van der Waals surface area contributed by atoms with Gasteiger partial charge in [0.25, 0.3) is 0 Å². The van der Waals surface area contributed by atoms with Crippen molar-refractivity contribution in [3.63, 3.8) is 0 Å². The predicted octanol–water partition coefficient (Wildman–Crippen LogP) is 5.45. The van der Waals surface area contributed by atoms with Gasteiger partial charge in [0, 0.05) is 31.7 Å². The molecule has 6 N–H and O–H groups in total. The van der Waals surface area contributed by atoms with E-state index in [9.17, 15) is 14.4 Å². The SMILES string of the molecule is NC(N)=NCCC[C@H](CC(=O)[C@H](CC1CCCCC1)NC(=O)OC1(c2ccccc2)CCNCC1)C(=O)c1nc2ccccc2s1. The van der Waals surface area contributed by atoms with Crippen LogP contribution < -0.4 is 22.1 Å². The topological polar surface area (TPSA) is 162 Å². The lowest BCUT2D eigenvalue weighted by molar-refractivity contribution is -0.122. The average molecular weight is 647 g/mol. The molecule has 0 radical (unpaired) electrons. The number of aliphatic imine (C=N–C) groups is 1. The Hall–Kier alpha value is -3.83. The summed E-state index contributed by atoms with van der Waals surface area (Å²) in [5.41, 5.74) is 12.0. The molecule has 10 nitrogen and oxygen atoms in total. The molecule has 1 saturated heterocycles. The molecule has 2 heterocycles. The van der Waals surface area contributed by atoms with E-state index >= 15 is 0 Å². The van der Waals surface area contributed by atoms with Crippen molar-refractivity contribution in [1.82, 2.24) is 15.6 Å². The quantitative estimate of drug-likeness (QED) is 0.0778. The number of fused-ring (bicyclic) bond motifs is 1. The summed E-state index contributed by atoms with van der Waals surface area (Å²) >= 11 is 1.33. The molecular formula is C35H46N6O4S. The molecule has 46 heavy (non-hydrogen) atoms. The van der Waals surface area contributed by atoms with Crippen molar-refractivity contribution in [3.8, 4) is 0 Å². The number of piperidine rings is 1. The van der Waals surface area contributed by atoms with Gasteiger partial charge in [-0.25, -0.2) is 9.78 Å². The van der Waals surface area contributed by atoms with Gasteiger partial charge in [0.15, 0.2) is 22.5 Å². The number of alkyl carbamates (subject to hydrolysis) is 1. The van der Waals surface area contributed by atoms with Gasteiger partial charge in [-0.15, -0.1) is 11.3 Å². The minimum Gasteiger partial charge on any atom is -0.438 e. The van der Waals surface area contributed by atoms with Crippen molar-refractivity contribution in [1.29, 1.82) is 0 Å². The van der Waals surface area contributed by atoms with Gasteiger partial charge in [-0.3, -0.25) is 14.6 Å². The molecule has 2 aliphatic rings. The normalized spacial score (nSPS) is 17.9. The third kappa shape index (κ3) is 8.91. The van der Waals surface area contributed by atoms with Crippen molar-refractivity contribution >= 4 is 45.2 Å². The summed E-state index contributed by atoms with van der Waals surface area (Å²) in [6, 6.07) is 16.7. The van der Waals surface area contributed by atoms with E-state index in [0.717, 1.165) is 54.6 Å². The van der Waals surface area contributed by atoms with Crippen LogP contribution in [-0.2, 0) is 15.1 Å². The van der Waals surface area contributed by atoms with Gasteiger partial charge in [-0.2, -0.15) is 0 Å². The van der Waals surface area contributed by atoms with Crippen LogP contribution in [0.5, 0.6) is 0 Å². The summed E-state index contributed by atoms with van der Waals surface area (Å²) in [6.45, 7) is 1.80. The molecule has 1 aromatic heterocycles. The highest BCUT2D eigenvalue weighted by molar-refractivity contribution is 7.20. The predicted molar refractivity (Wildman–Crippen MR) is 182 cm³/mol. The number of rotatable bonds is 14. The first-order chi connectivity index (χ1) is 22.3. The first kappa shape index (κ1) is 33.5. The van der Waals surface area contributed by atoms with Crippen LogP contribution in [0.1, 0.15) is 86.0 Å². The Balaban J connectivity index is 1.35. The van der Waals surface area contributed by atoms with Gasteiger partial charge in [-0.05, 0) is 56.0 Å². The summed E-state index contributed by atoms with van der Waals surface area (Å²) < 4.78 is 7.15. The van der Waals surface area contributed by atoms with Gasteiger partial charge in [0.05, 0.1) is 16.3 Å². The fourth-order valence-corrected chi connectivity index (χ4v) is 7.79. The smallest absolute Gasteiger partial charge is 0.408 e. The van der Waals surface area contributed by atoms with Crippen molar-refractivity contribution in [2.24, 2.45) is 28.3 Å². The zero-order chi connectivity index (χ0) is 32.4. The minimum atomic E-state index is -0.772. The Labute approximate surface area is 274 Å². The number of nitrogens with two attached hydrogens (primary N) is 2. The first-order valence-corrected chi connectivity index (χ1v) is 17.4. The number of amides is 1. The fraction of sp³-hybridized carbons (Fsp3) is 0.514. The highest BCUT2D eigenvalue weighted by Crippen LogP contribution is 2.35. The summed E-state index contributed by atoms with van der Waals surface area (Å²) in [6.07, 6.45) is 7.61. The molecule has 0 unspecified atom stereocenters. The van der Waals surface area contributed by atoms with Gasteiger partial charge >= 0.3 is 6.09 Å². The van der Waals surface area contributed by atoms with Crippen LogP contribution in [0.15, 0.2) is 59.6 Å². The van der Waals surface area contributed by atoms with Gasteiger partial charge in [-0.1, -0.05) is 74.6 Å². The number of Topliss-reactive ketones (excluding diaryl/α,β-unsaturated/α-hetero) is 2. The van der Waals surface area contributed by atoms with Crippen molar-refractivity contribution in [2.45, 2.75) is 82.3 Å². The maximum Gasteiger partial charge on any atom is 0.408 e. The van der Waals surface area contributed by atoms with Crippen molar-refractivity contribution in [2.75, 3.05) is 19.6 Å². The molecule has 3 aromatic rings. The maximum absolute atomic E-state index is 14.1. The number of carbonyl (C=O) groups is 3. The minimum absolute atomic E-state index is 0.0117. The van der Waals surface area contributed by atoms with Crippen molar-refractivity contribution in [3.05, 3.63) is 65.2 Å². The number of ketones is 2. The largest absolute Gasteiger partial charge is 0.438 e. The summed E-state index contributed by atoms with van der Waals surface area (Å²) in [5.74, 6) is -0.638. The number of hydrogen-bond acceptors (Lipinski definition) is 8. The molecule has 1 saturated carbocycles. The van der Waals surface area contributed by atoms with Gasteiger partial charge in [0.2, 0.25) is 0 Å². The van der Waals surface area contributed by atoms with E-state index in [0.29, 0.717) is 49.6 Å². The number of hydrogen-bond donors (Lipinski definition) is 4. The average Bonchev–Trinajstić information content (AvgIpc) is 3.51. The molecule has 0 bridgehead atoms. The lowest BCUT2D eigenvalue weighted by Gasteiger charge is -2.38. The van der Waals surface area contributed by atoms with Gasteiger partial charge < -0.3 is 26.8 Å². The number of thiazole rings is 1. The monoisotopic (exact) mass is 646 g/mol. The Bertz CT molecular complexity index is 1460. The summed E-state index contributed by atoms with van der Waals surface area (Å²) in [7, 11) is 0. The van der Waals surface area contributed by atoms with Crippen LogP contribution in [0.3, 0.4) is 0 Å². The zero-order valence-electron chi connectivity index (χ0n) is 26.4. The van der Waals surface area contributed by atoms with E-state index in [4.69, 9.17) is 16.2 Å². The molecular weight excluding hydrogens is 600 g/mol. The van der Waals surface area contributed by atoms with E-state index in [-0.39, 0.29) is 23.9 Å². The van der Waals surface area contributed by atoms with Crippen LogP contribution in [0.25, 0.3) is 10.2 Å². The summed E-state index contributed by atoms with van der Waals surface area (Å²) in [5, 5.41) is 6.72. The summed E-state index contributed by atoms with van der Waals surface area (Å²) in [4.78, 5) is 50.3. The van der Waals surface area contributed by atoms with E-state index < -0.39 is 23.7 Å². The fourth-order valence-electron chi connectivity index (χ4n) is 6.81. The molecule has 2 aromatic carbocycles. The van der Waals surface area contributed by atoms with E-state index in [2.05, 4.69) is 20.6 Å². The Morgan fingerprint density at radius 1 is 1.02 bits per heavy atom. The number of carbonyl (C=O) groups excluding carboxylic acids is 3. The van der Waals surface area contributed by atoms with Gasteiger partial charge in [0.1, 0.15) is 5.60 Å². The molecule has 2 fully saturated rings.